The number of nitrogens with one attached hydrogen (secondary N) is 2. The van der Waals surface area contributed by atoms with Crippen molar-refractivity contribution >= 4 is 45.2 Å². The number of methoxy groups -OCH3 is 1. The minimum absolute atomic E-state index is 0.130. The highest BCUT2D eigenvalue weighted by Crippen LogP contribution is 2.38. The van der Waals surface area contributed by atoms with Gasteiger partial charge in [0.25, 0.3) is 5.91 Å². The first kappa shape index (κ1) is 22.8. The first-order chi connectivity index (χ1) is 17.2. The quantitative estimate of drug-likeness (QED) is 0.267. The van der Waals surface area contributed by atoms with E-state index in [0.29, 0.717) is 11.5 Å². The van der Waals surface area contributed by atoms with E-state index >= 15 is 0 Å². The number of carbonyl (C=O) groups excluding carboxylic acids is 1. The van der Waals surface area contributed by atoms with Crippen LogP contribution in [0.3, 0.4) is 0 Å². The van der Waals surface area contributed by atoms with Gasteiger partial charge in [0, 0.05) is 10.6 Å². The van der Waals surface area contributed by atoms with E-state index in [-0.39, 0.29) is 12.5 Å². The van der Waals surface area contributed by atoms with Crippen molar-refractivity contribution in [1.29, 1.82) is 0 Å². The summed E-state index contributed by atoms with van der Waals surface area (Å²) in [5.74, 6) is 1.46. The molecule has 2 aromatic carbocycles. The molecule has 0 fully saturated rings. The Morgan fingerprint density at radius 3 is 2.83 bits per heavy atom. The highest BCUT2D eigenvalue weighted by molar-refractivity contribution is 7.19. The molecular formula is C26H25N5O3S. The Labute approximate surface area is 207 Å². The van der Waals surface area contributed by atoms with Crippen molar-refractivity contribution in [3.8, 4) is 11.5 Å². The number of fused-ring (bicyclic) bond motifs is 3. The molecule has 9 heteroatoms. The van der Waals surface area contributed by atoms with Crippen LogP contribution in [0.4, 0.5) is 11.5 Å². The molecule has 35 heavy (non-hydrogen) atoms. The Hall–Kier alpha value is -3.98. The summed E-state index contributed by atoms with van der Waals surface area (Å²) in [7, 11) is 1.56. The van der Waals surface area contributed by atoms with Crippen LogP contribution < -0.4 is 20.2 Å². The SMILES string of the molecule is COc1cc(/C=N/Nc2ncnc3sc4c(c23)CCCC4)ccc1OCC(=O)Nc1ccccc1. The fourth-order valence-corrected chi connectivity index (χ4v) is 5.32. The third kappa shape index (κ3) is 5.25. The summed E-state index contributed by atoms with van der Waals surface area (Å²) in [5, 5.41) is 8.27. The molecule has 0 spiro atoms. The molecule has 0 radical (unpaired) electrons. The van der Waals surface area contributed by atoms with Gasteiger partial charge in [-0.25, -0.2) is 9.97 Å². The lowest BCUT2D eigenvalue weighted by atomic mass is 9.97. The van der Waals surface area contributed by atoms with Gasteiger partial charge < -0.3 is 14.8 Å². The van der Waals surface area contributed by atoms with Gasteiger partial charge in [-0.15, -0.1) is 11.3 Å². The predicted octanol–water partition coefficient (Wildman–Crippen LogP) is 5.04. The molecule has 1 aliphatic rings. The molecule has 0 unspecified atom stereocenters. The Balaban J connectivity index is 1.24. The molecule has 4 aromatic rings. The summed E-state index contributed by atoms with van der Waals surface area (Å²) < 4.78 is 11.1. The van der Waals surface area contributed by atoms with Crippen LogP contribution in [0.25, 0.3) is 10.2 Å². The minimum atomic E-state index is -0.250. The van der Waals surface area contributed by atoms with Crippen molar-refractivity contribution in [3.63, 3.8) is 0 Å². The van der Waals surface area contributed by atoms with Crippen LogP contribution in [-0.2, 0) is 17.6 Å². The molecule has 0 bridgehead atoms. The molecule has 8 nitrogen and oxygen atoms in total. The summed E-state index contributed by atoms with van der Waals surface area (Å²) in [5.41, 5.74) is 5.97. The number of thiophene rings is 1. The number of hydrogen-bond donors (Lipinski definition) is 2. The summed E-state index contributed by atoms with van der Waals surface area (Å²) in [6.45, 7) is -0.130. The summed E-state index contributed by atoms with van der Waals surface area (Å²) in [4.78, 5) is 23.5. The molecule has 2 aromatic heterocycles. The lowest BCUT2D eigenvalue weighted by Crippen LogP contribution is -2.20. The number of hydrazone groups is 1. The molecule has 5 rings (SSSR count). The number of nitrogens with zero attached hydrogens (tertiary/aromatic N) is 3. The third-order valence-corrected chi connectivity index (χ3v) is 6.94. The molecule has 0 saturated carbocycles. The van der Waals surface area contributed by atoms with Crippen molar-refractivity contribution < 1.29 is 14.3 Å². The normalized spacial score (nSPS) is 12.9. The summed E-state index contributed by atoms with van der Waals surface area (Å²) in [6, 6.07) is 14.7. The number of para-hydroxylation sites is 1. The second-order valence-corrected chi connectivity index (χ2v) is 9.18. The molecule has 1 amide bonds. The fourth-order valence-electron chi connectivity index (χ4n) is 4.09. The zero-order valence-electron chi connectivity index (χ0n) is 19.3. The molecule has 0 saturated heterocycles. The van der Waals surface area contributed by atoms with Crippen LogP contribution in [0.2, 0.25) is 0 Å². The Bertz CT molecular complexity index is 1370. The predicted molar refractivity (Wildman–Crippen MR) is 139 cm³/mol. The second-order valence-electron chi connectivity index (χ2n) is 8.10. The first-order valence-corrected chi connectivity index (χ1v) is 12.2. The van der Waals surface area contributed by atoms with Gasteiger partial charge in [0.1, 0.15) is 11.2 Å². The van der Waals surface area contributed by atoms with Crippen molar-refractivity contribution in [2.45, 2.75) is 25.7 Å². The minimum Gasteiger partial charge on any atom is -0.493 e. The van der Waals surface area contributed by atoms with Gasteiger partial charge in [-0.05, 0) is 67.1 Å². The molecule has 2 N–H and O–H groups in total. The van der Waals surface area contributed by atoms with Gasteiger partial charge in [-0.3, -0.25) is 10.2 Å². The van der Waals surface area contributed by atoms with Gasteiger partial charge in [0.15, 0.2) is 23.9 Å². The van der Waals surface area contributed by atoms with Crippen molar-refractivity contribution in [3.05, 3.63) is 70.9 Å². The van der Waals surface area contributed by atoms with E-state index in [1.807, 2.05) is 36.4 Å². The van der Waals surface area contributed by atoms with Gasteiger partial charge in [-0.2, -0.15) is 5.10 Å². The smallest absolute Gasteiger partial charge is 0.262 e. The van der Waals surface area contributed by atoms with E-state index in [1.165, 1.54) is 23.3 Å². The maximum Gasteiger partial charge on any atom is 0.262 e. The number of amides is 1. The number of aryl methyl sites for hydroxylation is 2. The highest BCUT2D eigenvalue weighted by atomic mass is 32.1. The Morgan fingerprint density at radius 1 is 1.11 bits per heavy atom. The van der Waals surface area contributed by atoms with Crippen molar-refractivity contribution in [1.82, 2.24) is 9.97 Å². The van der Waals surface area contributed by atoms with Crippen molar-refractivity contribution in [2.24, 2.45) is 5.10 Å². The zero-order valence-corrected chi connectivity index (χ0v) is 20.1. The van der Waals surface area contributed by atoms with Crippen LogP contribution in [0.1, 0.15) is 28.8 Å². The standard InChI is InChI=1S/C26H25N5O3S/c1-33-21-13-17(11-12-20(21)34-15-23(32)30-18-7-3-2-4-8-18)14-29-31-25-24-19-9-5-6-10-22(19)35-26(24)28-16-27-25/h2-4,7-8,11-14,16H,5-6,9-10,15H2,1H3,(H,30,32)(H,27,28,31)/b29-14+. The monoisotopic (exact) mass is 487 g/mol. The zero-order chi connectivity index (χ0) is 24.0. The van der Waals surface area contributed by atoms with Gasteiger partial charge in [0.2, 0.25) is 0 Å². The van der Waals surface area contributed by atoms with E-state index in [4.69, 9.17) is 9.47 Å². The number of ether oxygens (including phenoxy) is 2. The van der Waals surface area contributed by atoms with Crippen LogP contribution in [0.15, 0.2) is 60.0 Å². The van der Waals surface area contributed by atoms with Crippen LogP contribution in [0, 0.1) is 0 Å². The van der Waals surface area contributed by atoms with E-state index < -0.39 is 0 Å². The van der Waals surface area contributed by atoms with E-state index in [9.17, 15) is 4.79 Å². The Kier molecular flexibility index (Phi) is 6.85. The molecule has 178 valence electrons. The van der Waals surface area contributed by atoms with Crippen molar-refractivity contribution in [2.75, 3.05) is 24.5 Å². The Morgan fingerprint density at radius 2 is 1.97 bits per heavy atom. The number of rotatable bonds is 8. The number of hydrogen-bond acceptors (Lipinski definition) is 8. The van der Waals surface area contributed by atoms with E-state index in [1.54, 1.807) is 43.1 Å². The lowest BCUT2D eigenvalue weighted by Gasteiger charge is -2.12. The second kappa shape index (κ2) is 10.5. The maximum absolute atomic E-state index is 12.2. The van der Waals surface area contributed by atoms with Crippen LogP contribution in [-0.4, -0.2) is 35.8 Å². The molecule has 0 atom stereocenters. The fraction of sp³-hybridized carbons (Fsp3) is 0.231. The summed E-state index contributed by atoms with van der Waals surface area (Å²) in [6.07, 6.45) is 7.86. The molecule has 0 aliphatic heterocycles. The van der Waals surface area contributed by atoms with Gasteiger partial charge in [-0.1, -0.05) is 18.2 Å². The van der Waals surface area contributed by atoms with Gasteiger partial charge >= 0.3 is 0 Å². The molecular weight excluding hydrogens is 462 g/mol. The number of benzene rings is 2. The number of aromatic nitrogens is 2. The van der Waals surface area contributed by atoms with Crippen LogP contribution >= 0.6 is 11.3 Å². The van der Waals surface area contributed by atoms with Gasteiger partial charge in [0.05, 0.1) is 18.7 Å². The number of anilines is 2. The average molecular weight is 488 g/mol. The number of carbonyl (C=O) groups is 1. The summed E-state index contributed by atoms with van der Waals surface area (Å²) >= 11 is 1.76. The van der Waals surface area contributed by atoms with E-state index in [2.05, 4.69) is 25.8 Å². The van der Waals surface area contributed by atoms with Crippen LogP contribution in [0.5, 0.6) is 11.5 Å². The topological polar surface area (TPSA) is 97.7 Å². The molecule has 2 heterocycles. The third-order valence-electron chi connectivity index (χ3n) is 5.74. The highest BCUT2D eigenvalue weighted by Gasteiger charge is 2.19. The molecule has 1 aliphatic carbocycles. The van der Waals surface area contributed by atoms with E-state index in [0.717, 1.165) is 40.1 Å². The lowest BCUT2D eigenvalue weighted by molar-refractivity contribution is -0.118. The average Bonchev–Trinajstić information content (AvgIpc) is 3.28. The maximum atomic E-state index is 12.2. The first-order valence-electron chi connectivity index (χ1n) is 11.4. The largest absolute Gasteiger partial charge is 0.493 e.